The van der Waals surface area contributed by atoms with Crippen molar-refractivity contribution in [2.75, 3.05) is 7.05 Å². The van der Waals surface area contributed by atoms with Gasteiger partial charge in [0.15, 0.2) is 0 Å². The van der Waals surface area contributed by atoms with Crippen LogP contribution in [0, 0.1) is 6.92 Å². The smallest absolute Gasteiger partial charge is 0.247 e. The Bertz CT molecular complexity index is 1400. The number of hydrogen-bond donors (Lipinski definition) is 1. The Morgan fingerprint density at radius 3 is 1.74 bits per heavy atom. The number of hydrogen-bond acceptors (Lipinski definition) is 2. The van der Waals surface area contributed by atoms with E-state index in [9.17, 15) is 4.79 Å². The number of benzene rings is 3. The number of carbonyl (C=O) groups is 1. The number of carbonyl (C=O) groups excluding carboxylic acids is 1. The highest BCUT2D eigenvalue weighted by atomic mass is 16.1. The van der Waals surface area contributed by atoms with Crippen molar-refractivity contribution >= 4 is 23.8 Å². The van der Waals surface area contributed by atoms with Crippen molar-refractivity contribution in [3.63, 3.8) is 0 Å². The number of aliphatic imine (C=N–C) groups is 1. The monoisotopic (exact) mass is 637 g/mol. The van der Waals surface area contributed by atoms with E-state index < -0.39 is 0 Å². The van der Waals surface area contributed by atoms with Crippen LogP contribution in [0.1, 0.15) is 110 Å². The maximum absolute atomic E-state index is 12.1. The van der Waals surface area contributed by atoms with Crippen molar-refractivity contribution in [3.05, 3.63) is 142 Å². The van der Waals surface area contributed by atoms with Crippen LogP contribution in [-0.2, 0) is 17.8 Å². The predicted molar refractivity (Wildman–Crippen MR) is 213 cm³/mol. The van der Waals surface area contributed by atoms with Gasteiger partial charge in [0, 0.05) is 25.4 Å². The molecular weight excluding hydrogens is 572 g/mol. The Morgan fingerprint density at radius 1 is 0.787 bits per heavy atom. The number of aryl methyl sites for hydroxylation is 2. The van der Waals surface area contributed by atoms with Crippen LogP contribution >= 0.6 is 0 Å². The van der Waals surface area contributed by atoms with Crippen molar-refractivity contribution in [1.29, 1.82) is 0 Å². The third kappa shape index (κ3) is 22.0. The fourth-order valence-electron chi connectivity index (χ4n) is 3.76. The molecule has 0 aliphatic heterocycles. The molecule has 0 heterocycles. The van der Waals surface area contributed by atoms with Crippen LogP contribution in [0.4, 0.5) is 0 Å². The van der Waals surface area contributed by atoms with Crippen LogP contribution < -0.4 is 5.32 Å². The molecule has 3 rings (SSSR count). The third-order valence-electron chi connectivity index (χ3n) is 6.49. The molecule has 0 unspecified atom stereocenters. The molecule has 3 heteroatoms. The van der Waals surface area contributed by atoms with Crippen molar-refractivity contribution in [1.82, 2.24) is 5.32 Å². The van der Waals surface area contributed by atoms with Crippen LogP contribution in [0.3, 0.4) is 0 Å². The van der Waals surface area contributed by atoms with E-state index in [1.165, 1.54) is 39.8 Å². The number of allylic oxidation sites excluding steroid dienone is 5. The van der Waals surface area contributed by atoms with E-state index in [0.29, 0.717) is 12.1 Å². The van der Waals surface area contributed by atoms with E-state index in [-0.39, 0.29) is 5.91 Å². The lowest BCUT2D eigenvalue weighted by atomic mass is 10.0. The lowest BCUT2D eigenvalue weighted by Gasteiger charge is -2.06. The molecule has 3 nitrogen and oxygen atoms in total. The number of nitrogens with one attached hydrogen (secondary N) is 1. The van der Waals surface area contributed by atoms with Crippen molar-refractivity contribution in [2.24, 2.45) is 4.99 Å². The first-order valence-electron chi connectivity index (χ1n) is 16.9. The summed E-state index contributed by atoms with van der Waals surface area (Å²) in [5.41, 5.74) is 11.7. The first-order valence-corrected chi connectivity index (χ1v) is 16.9. The molecule has 0 spiro atoms. The largest absolute Gasteiger partial charge is 0.348 e. The summed E-state index contributed by atoms with van der Waals surface area (Å²) in [5, 5.41) is 2.95. The molecule has 0 saturated heterocycles. The number of rotatable bonds is 8. The molecule has 0 radical (unpaired) electrons. The number of amides is 1. The van der Waals surface area contributed by atoms with Crippen LogP contribution in [0.25, 0.3) is 11.6 Å². The molecule has 0 fully saturated rings. The van der Waals surface area contributed by atoms with Crippen LogP contribution in [0.5, 0.6) is 0 Å². The van der Waals surface area contributed by atoms with Gasteiger partial charge in [-0.05, 0) is 99.9 Å². The zero-order valence-corrected chi connectivity index (χ0v) is 31.9. The Morgan fingerprint density at radius 2 is 1.30 bits per heavy atom. The summed E-state index contributed by atoms with van der Waals surface area (Å²) in [6.45, 7) is 29.3. The summed E-state index contributed by atoms with van der Waals surface area (Å²) in [6.07, 6.45) is 8.17. The van der Waals surface area contributed by atoms with Gasteiger partial charge in [-0.3, -0.25) is 9.79 Å². The summed E-state index contributed by atoms with van der Waals surface area (Å²) in [7, 11) is 1.78. The summed E-state index contributed by atoms with van der Waals surface area (Å²) in [6, 6.07) is 26.5. The maximum atomic E-state index is 12.1. The first-order chi connectivity index (χ1) is 22.4. The van der Waals surface area contributed by atoms with Gasteiger partial charge >= 0.3 is 0 Å². The molecule has 3 aromatic rings. The molecule has 256 valence electrons. The minimum atomic E-state index is -0.0292. The Hall–Kier alpha value is -4.24. The second kappa shape index (κ2) is 28.0. The third-order valence-corrected chi connectivity index (χ3v) is 6.49. The quantitative estimate of drug-likeness (QED) is 0.149. The molecule has 0 bridgehead atoms. The predicted octanol–water partition coefficient (Wildman–Crippen LogP) is 12.4. The van der Waals surface area contributed by atoms with Crippen molar-refractivity contribution in [3.8, 4) is 0 Å². The number of nitrogens with zero attached hydrogens (tertiary/aromatic N) is 1. The molecule has 3 aromatic carbocycles. The summed E-state index contributed by atoms with van der Waals surface area (Å²) >= 11 is 0. The maximum Gasteiger partial charge on any atom is 0.247 e. The molecular formula is C44H64N2O. The fraction of sp³-hybridized carbons (Fsp3) is 0.364. The Kier molecular flexibility index (Phi) is 26.8. The van der Waals surface area contributed by atoms with Crippen molar-refractivity contribution < 1.29 is 4.79 Å². The lowest BCUT2D eigenvalue weighted by molar-refractivity contribution is -0.117. The molecule has 0 atom stereocenters. The van der Waals surface area contributed by atoms with Crippen LogP contribution in [0.2, 0.25) is 0 Å². The molecule has 0 aliphatic rings. The average molecular weight is 637 g/mol. The minimum absolute atomic E-state index is 0.0292. The van der Waals surface area contributed by atoms with E-state index in [4.69, 9.17) is 0 Å². The molecule has 1 amide bonds. The van der Waals surface area contributed by atoms with Gasteiger partial charge in [0.1, 0.15) is 0 Å². The molecule has 0 saturated carbocycles. The molecule has 0 aromatic heterocycles. The van der Waals surface area contributed by atoms with Gasteiger partial charge in [-0.25, -0.2) is 0 Å². The van der Waals surface area contributed by atoms with E-state index in [1.54, 1.807) is 7.05 Å². The van der Waals surface area contributed by atoms with E-state index in [2.05, 4.69) is 128 Å². The van der Waals surface area contributed by atoms with Gasteiger partial charge in [-0.15, -0.1) is 0 Å². The lowest BCUT2D eigenvalue weighted by Crippen LogP contribution is -2.23. The fourth-order valence-corrected chi connectivity index (χ4v) is 3.76. The molecule has 47 heavy (non-hydrogen) atoms. The van der Waals surface area contributed by atoms with Gasteiger partial charge < -0.3 is 5.32 Å². The Labute approximate surface area is 289 Å². The minimum Gasteiger partial charge on any atom is -0.348 e. The first kappa shape index (κ1) is 44.9. The topological polar surface area (TPSA) is 41.5 Å². The highest BCUT2D eigenvalue weighted by Gasteiger charge is 2.04. The van der Waals surface area contributed by atoms with Crippen molar-refractivity contribution in [2.45, 2.75) is 102 Å². The Balaban J connectivity index is 0. The highest BCUT2D eigenvalue weighted by Crippen LogP contribution is 2.19. The van der Waals surface area contributed by atoms with Gasteiger partial charge in [0.05, 0.1) is 0 Å². The molecule has 1 N–H and O–H groups in total. The SMILES string of the molecule is C=C(C=C(C)C)c1ccccc1C.CC.CCC.CCc1ccc(CNC(=O)/C(C)=C/c2ccccc2)cc1.CN=CC(C)=C(C)C. The second-order valence-electron chi connectivity index (χ2n) is 11.4. The van der Waals surface area contributed by atoms with Gasteiger partial charge in [0.25, 0.3) is 0 Å². The summed E-state index contributed by atoms with van der Waals surface area (Å²) in [5.74, 6) is -0.0292. The summed E-state index contributed by atoms with van der Waals surface area (Å²) in [4.78, 5) is 15.9. The van der Waals surface area contributed by atoms with Gasteiger partial charge in [-0.2, -0.15) is 0 Å². The van der Waals surface area contributed by atoms with Crippen LogP contribution in [0.15, 0.2) is 119 Å². The average Bonchev–Trinajstić information content (AvgIpc) is 3.06. The van der Waals surface area contributed by atoms with Crippen LogP contribution in [-0.4, -0.2) is 19.2 Å². The highest BCUT2D eigenvalue weighted by molar-refractivity contribution is 5.97. The standard InChI is InChI=1S/C19H21NO.C13H16.C7H13N.C3H8.C2H6/c1-3-16-9-11-18(12-10-16)14-20-19(21)15(2)13-17-7-5-4-6-8-17;1-10(2)9-12(4)13-8-6-5-7-11(13)3;1-6(2)7(3)5-8-4;1-3-2;1-2/h4-13H,3,14H2,1-2H3,(H,20,21);5-9H,4H2,1-3H3;5H,1-4H3;3H2,1-2H3;1-2H3/b15-13+;;;;. The van der Waals surface area contributed by atoms with E-state index in [1.807, 2.05) is 69.5 Å². The van der Waals surface area contributed by atoms with Gasteiger partial charge in [0.2, 0.25) is 5.91 Å². The van der Waals surface area contributed by atoms with E-state index in [0.717, 1.165) is 23.1 Å². The van der Waals surface area contributed by atoms with E-state index >= 15 is 0 Å². The zero-order chi connectivity index (χ0) is 36.2. The zero-order valence-electron chi connectivity index (χ0n) is 31.9. The second-order valence-corrected chi connectivity index (χ2v) is 11.4. The van der Waals surface area contributed by atoms with Gasteiger partial charge in [-0.1, -0.05) is 144 Å². The molecule has 0 aliphatic carbocycles. The summed E-state index contributed by atoms with van der Waals surface area (Å²) < 4.78 is 0. The normalized spacial score (nSPS) is 9.85.